The van der Waals surface area contributed by atoms with Gasteiger partial charge in [0.15, 0.2) is 0 Å². The third-order valence-corrected chi connectivity index (χ3v) is 4.27. The molecule has 0 saturated carbocycles. The summed E-state index contributed by atoms with van der Waals surface area (Å²) in [6, 6.07) is 1.79. The molecule has 132 valence electrons. The summed E-state index contributed by atoms with van der Waals surface area (Å²) in [4.78, 5) is 25.8. The standard InChI is InChI=1S/C17H23F2N3O2/c1-11-8-13(15(19)9-14(11)18)17(24)22-7-3-2-4-12(22)10-21-16(23)5-6-20/h8-9,12H,2-7,10,20H2,1H3,(H,21,23). The van der Waals surface area contributed by atoms with Gasteiger partial charge in [0.05, 0.1) is 5.56 Å². The summed E-state index contributed by atoms with van der Waals surface area (Å²) in [5, 5.41) is 2.76. The molecule has 1 aromatic carbocycles. The fourth-order valence-electron chi connectivity index (χ4n) is 2.91. The Morgan fingerprint density at radius 2 is 2.04 bits per heavy atom. The average Bonchev–Trinajstić information content (AvgIpc) is 2.56. The van der Waals surface area contributed by atoms with Crippen LogP contribution in [-0.4, -0.2) is 42.4 Å². The van der Waals surface area contributed by atoms with E-state index >= 15 is 0 Å². The second-order valence-corrected chi connectivity index (χ2v) is 6.07. The lowest BCUT2D eigenvalue weighted by atomic mass is 10.00. The minimum Gasteiger partial charge on any atom is -0.354 e. The number of hydrogen-bond donors (Lipinski definition) is 2. The van der Waals surface area contributed by atoms with Gasteiger partial charge in [-0.2, -0.15) is 0 Å². The van der Waals surface area contributed by atoms with Crippen molar-refractivity contribution in [3.05, 3.63) is 34.9 Å². The van der Waals surface area contributed by atoms with E-state index in [0.717, 1.165) is 25.3 Å². The van der Waals surface area contributed by atoms with E-state index < -0.39 is 17.5 Å². The van der Waals surface area contributed by atoms with E-state index in [2.05, 4.69) is 5.32 Å². The fraction of sp³-hybridized carbons (Fsp3) is 0.529. The molecule has 1 unspecified atom stereocenters. The molecule has 1 heterocycles. The van der Waals surface area contributed by atoms with E-state index in [1.807, 2.05) is 0 Å². The minimum atomic E-state index is -0.861. The quantitative estimate of drug-likeness (QED) is 0.858. The number of likely N-dealkylation sites (tertiary alicyclic amines) is 1. The third-order valence-electron chi connectivity index (χ3n) is 4.27. The number of aryl methyl sites for hydroxylation is 1. The van der Waals surface area contributed by atoms with Gasteiger partial charge in [-0.3, -0.25) is 9.59 Å². The lowest BCUT2D eigenvalue weighted by molar-refractivity contribution is -0.121. The Balaban J connectivity index is 2.13. The van der Waals surface area contributed by atoms with Crippen molar-refractivity contribution in [2.45, 2.75) is 38.6 Å². The summed E-state index contributed by atoms with van der Waals surface area (Å²) < 4.78 is 27.4. The molecule has 5 nitrogen and oxygen atoms in total. The summed E-state index contributed by atoms with van der Waals surface area (Å²) in [5.41, 5.74) is 5.43. The number of piperidine rings is 1. The molecule has 1 atom stereocenters. The van der Waals surface area contributed by atoms with E-state index in [9.17, 15) is 18.4 Å². The third kappa shape index (κ3) is 4.29. The smallest absolute Gasteiger partial charge is 0.257 e. The van der Waals surface area contributed by atoms with Gasteiger partial charge < -0.3 is 16.0 Å². The Hall–Kier alpha value is -2.02. The maximum absolute atomic E-state index is 14.0. The Morgan fingerprint density at radius 3 is 2.75 bits per heavy atom. The first-order chi connectivity index (χ1) is 11.4. The molecule has 1 aliphatic heterocycles. The number of amides is 2. The molecule has 1 saturated heterocycles. The van der Waals surface area contributed by atoms with Crippen molar-refractivity contribution in [1.29, 1.82) is 0 Å². The summed E-state index contributed by atoms with van der Waals surface area (Å²) in [5.74, 6) is -2.17. The minimum absolute atomic E-state index is 0.130. The number of halogens is 2. The maximum Gasteiger partial charge on any atom is 0.257 e. The lowest BCUT2D eigenvalue weighted by Gasteiger charge is -2.36. The molecule has 24 heavy (non-hydrogen) atoms. The van der Waals surface area contributed by atoms with Crippen LogP contribution in [0.3, 0.4) is 0 Å². The number of benzene rings is 1. The second-order valence-electron chi connectivity index (χ2n) is 6.07. The molecule has 1 aromatic rings. The molecule has 1 aliphatic rings. The zero-order valence-corrected chi connectivity index (χ0v) is 13.8. The van der Waals surface area contributed by atoms with E-state index in [1.54, 1.807) is 4.90 Å². The van der Waals surface area contributed by atoms with Crippen LogP contribution in [-0.2, 0) is 4.79 Å². The van der Waals surface area contributed by atoms with Gasteiger partial charge in [-0.15, -0.1) is 0 Å². The highest BCUT2D eigenvalue weighted by molar-refractivity contribution is 5.95. The zero-order valence-electron chi connectivity index (χ0n) is 13.8. The first-order valence-corrected chi connectivity index (χ1v) is 8.17. The number of rotatable bonds is 5. The van der Waals surface area contributed by atoms with Gasteiger partial charge in [0.2, 0.25) is 5.91 Å². The zero-order chi connectivity index (χ0) is 17.7. The van der Waals surface area contributed by atoms with Crippen LogP contribution in [0.1, 0.15) is 41.6 Å². The number of nitrogens with zero attached hydrogens (tertiary/aromatic N) is 1. The van der Waals surface area contributed by atoms with Gasteiger partial charge in [0.1, 0.15) is 11.6 Å². The first kappa shape index (κ1) is 18.3. The van der Waals surface area contributed by atoms with Crippen LogP contribution in [0.2, 0.25) is 0 Å². The van der Waals surface area contributed by atoms with E-state index in [1.165, 1.54) is 13.0 Å². The highest BCUT2D eigenvalue weighted by Gasteiger charge is 2.29. The fourth-order valence-corrected chi connectivity index (χ4v) is 2.91. The van der Waals surface area contributed by atoms with Crippen molar-refractivity contribution in [3.8, 4) is 0 Å². The molecule has 0 radical (unpaired) electrons. The predicted molar refractivity (Wildman–Crippen MR) is 86.5 cm³/mol. The normalized spacial score (nSPS) is 17.7. The van der Waals surface area contributed by atoms with Crippen LogP contribution < -0.4 is 11.1 Å². The SMILES string of the molecule is Cc1cc(C(=O)N2CCCCC2CNC(=O)CCN)c(F)cc1F. The van der Waals surface area contributed by atoms with Gasteiger partial charge in [0, 0.05) is 38.2 Å². The Morgan fingerprint density at radius 1 is 1.29 bits per heavy atom. The van der Waals surface area contributed by atoms with Crippen molar-refractivity contribution in [1.82, 2.24) is 10.2 Å². The molecule has 2 amide bonds. The topological polar surface area (TPSA) is 75.4 Å². The lowest BCUT2D eigenvalue weighted by Crippen LogP contribution is -2.49. The maximum atomic E-state index is 14.0. The van der Waals surface area contributed by atoms with E-state index in [-0.39, 0.29) is 36.0 Å². The molecular formula is C17H23F2N3O2. The molecule has 1 fully saturated rings. The first-order valence-electron chi connectivity index (χ1n) is 8.17. The predicted octanol–water partition coefficient (Wildman–Crippen LogP) is 1.73. The largest absolute Gasteiger partial charge is 0.354 e. The summed E-state index contributed by atoms with van der Waals surface area (Å²) >= 11 is 0. The summed E-state index contributed by atoms with van der Waals surface area (Å²) in [6.45, 7) is 2.56. The van der Waals surface area contributed by atoms with Crippen LogP contribution in [0.5, 0.6) is 0 Å². The van der Waals surface area contributed by atoms with Crippen molar-refractivity contribution in [3.63, 3.8) is 0 Å². The molecule has 0 spiro atoms. The Kier molecular flexibility index (Phi) is 6.25. The molecule has 7 heteroatoms. The highest BCUT2D eigenvalue weighted by atomic mass is 19.1. The van der Waals surface area contributed by atoms with Crippen molar-refractivity contribution < 1.29 is 18.4 Å². The monoisotopic (exact) mass is 339 g/mol. The number of carbonyl (C=O) groups is 2. The Bertz CT molecular complexity index is 622. The van der Waals surface area contributed by atoms with Gasteiger partial charge in [-0.05, 0) is 37.8 Å². The molecule has 2 rings (SSSR count). The molecule has 0 bridgehead atoms. The number of hydrogen-bond acceptors (Lipinski definition) is 3. The van der Waals surface area contributed by atoms with Gasteiger partial charge in [0.25, 0.3) is 5.91 Å². The van der Waals surface area contributed by atoms with Crippen molar-refractivity contribution in [2.24, 2.45) is 5.73 Å². The second kappa shape index (κ2) is 8.19. The molecule has 0 aromatic heterocycles. The summed E-state index contributed by atoms with van der Waals surface area (Å²) in [6.07, 6.45) is 2.72. The van der Waals surface area contributed by atoms with E-state index in [4.69, 9.17) is 5.73 Å². The molecule has 0 aliphatic carbocycles. The van der Waals surface area contributed by atoms with Crippen molar-refractivity contribution in [2.75, 3.05) is 19.6 Å². The van der Waals surface area contributed by atoms with Crippen LogP contribution in [0.25, 0.3) is 0 Å². The van der Waals surface area contributed by atoms with Crippen molar-refractivity contribution >= 4 is 11.8 Å². The van der Waals surface area contributed by atoms with Crippen LogP contribution >= 0.6 is 0 Å². The van der Waals surface area contributed by atoms with Crippen LogP contribution in [0, 0.1) is 18.6 Å². The molecule has 3 N–H and O–H groups in total. The Labute approximate surface area is 140 Å². The number of carbonyl (C=O) groups excluding carboxylic acids is 2. The number of nitrogens with two attached hydrogens (primary N) is 1. The van der Waals surface area contributed by atoms with E-state index in [0.29, 0.717) is 13.1 Å². The van der Waals surface area contributed by atoms with Crippen LogP contribution in [0.4, 0.5) is 8.78 Å². The van der Waals surface area contributed by atoms with Gasteiger partial charge in [-0.25, -0.2) is 8.78 Å². The number of nitrogens with one attached hydrogen (secondary N) is 1. The van der Waals surface area contributed by atoms with Crippen LogP contribution in [0.15, 0.2) is 12.1 Å². The average molecular weight is 339 g/mol. The van der Waals surface area contributed by atoms with Gasteiger partial charge >= 0.3 is 0 Å². The molecular weight excluding hydrogens is 316 g/mol. The summed E-state index contributed by atoms with van der Waals surface area (Å²) in [7, 11) is 0. The van der Waals surface area contributed by atoms with Gasteiger partial charge in [-0.1, -0.05) is 0 Å². The highest BCUT2D eigenvalue weighted by Crippen LogP contribution is 2.22.